The number of amidine groups is 1. The van der Waals surface area contributed by atoms with Crippen molar-refractivity contribution in [1.29, 1.82) is 0 Å². The van der Waals surface area contributed by atoms with Gasteiger partial charge in [0, 0.05) is 18.5 Å². The molecule has 2 heterocycles. The van der Waals surface area contributed by atoms with E-state index in [0.717, 1.165) is 12.8 Å². The van der Waals surface area contributed by atoms with Crippen LogP contribution in [0.15, 0.2) is 51.0 Å². The van der Waals surface area contributed by atoms with Gasteiger partial charge < -0.3 is 21.1 Å². The van der Waals surface area contributed by atoms with Gasteiger partial charge >= 0.3 is 0 Å². The Morgan fingerprint density at radius 1 is 1.26 bits per heavy atom. The van der Waals surface area contributed by atoms with Crippen molar-refractivity contribution in [2.45, 2.75) is 44.6 Å². The summed E-state index contributed by atoms with van der Waals surface area (Å²) in [6.07, 6.45) is 5.74. The summed E-state index contributed by atoms with van der Waals surface area (Å²) in [7, 11) is -4.24. The molecule has 4 aliphatic rings. The van der Waals surface area contributed by atoms with E-state index in [1.54, 1.807) is 4.90 Å². The maximum absolute atomic E-state index is 13.8. The number of nitrogens with two attached hydrogens (primary N) is 1. The third-order valence-corrected chi connectivity index (χ3v) is 8.51. The molecule has 5 rings (SSSR count). The van der Waals surface area contributed by atoms with Crippen LogP contribution in [0.25, 0.3) is 0 Å². The Kier molecular flexibility index (Phi) is 4.95. The van der Waals surface area contributed by atoms with Crippen LogP contribution < -0.4 is 11.1 Å². The number of amides is 2. The van der Waals surface area contributed by atoms with Crippen molar-refractivity contribution in [3.63, 3.8) is 0 Å². The number of fused-ring (bicyclic) bond motifs is 6. The van der Waals surface area contributed by atoms with Crippen molar-refractivity contribution in [1.82, 2.24) is 4.90 Å². The van der Waals surface area contributed by atoms with Crippen molar-refractivity contribution < 1.29 is 23.1 Å². The molecule has 2 aliphatic carbocycles. The molecule has 0 aromatic heterocycles. The average Bonchev–Trinajstić information content (AvgIpc) is 3.34. The molecule has 1 aromatic carbocycles. The van der Waals surface area contributed by atoms with E-state index in [9.17, 15) is 23.1 Å². The molecule has 180 valence electrons. The number of aliphatic hydroxyl groups is 1. The summed E-state index contributed by atoms with van der Waals surface area (Å²) in [5.74, 6) is -1.85. The molecule has 10 heteroatoms. The summed E-state index contributed by atoms with van der Waals surface area (Å²) >= 11 is 0. The molecule has 4 unspecified atom stereocenters. The maximum atomic E-state index is 13.8. The Bertz CT molecular complexity index is 1300. The van der Waals surface area contributed by atoms with Crippen LogP contribution in [0.5, 0.6) is 0 Å². The summed E-state index contributed by atoms with van der Waals surface area (Å²) in [6.45, 7) is 6.75. The lowest BCUT2D eigenvalue weighted by Crippen LogP contribution is -2.54. The largest absolute Gasteiger partial charge is 0.511 e. The van der Waals surface area contributed by atoms with Gasteiger partial charge in [0.1, 0.15) is 16.2 Å². The number of rotatable bonds is 4. The van der Waals surface area contributed by atoms with E-state index in [2.05, 4.69) is 42.6 Å². The lowest BCUT2D eigenvalue weighted by Gasteiger charge is -2.43. The highest BCUT2D eigenvalue weighted by Gasteiger charge is 2.55. The Morgan fingerprint density at radius 2 is 1.97 bits per heavy atom. The number of para-hydroxylation sites is 1. The first-order chi connectivity index (χ1) is 15.9. The van der Waals surface area contributed by atoms with E-state index in [4.69, 9.17) is 5.73 Å². The van der Waals surface area contributed by atoms with Crippen LogP contribution in [-0.2, 0) is 14.8 Å². The zero-order valence-corrected chi connectivity index (χ0v) is 20.1. The zero-order valence-electron chi connectivity index (χ0n) is 19.3. The number of benzene rings is 1. The van der Waals surface area contributed by atoms with E-state index in [1.807, 2.05) is 0 Å². The maximum Gasteiger partial charge on any atom is 0.286 e. The lowest BCUT2D eigenvalue weighted by atomic mass is 9.80. The highest BCUT2D eigenvalue weighted by atomic mass is 32.2. The number of carbonyl (C=O) groups excluding carboxylic acids is 2. The number of aliphatic hydroxyl groups excluding tert-OH is 1. The van der Waals surface area contributed by atoms with E-state index in [-0.39, 0.29) is 62.5 Å². The fraction of sp³-hybridized carbons (Fsp3) is 0.458. The first-order valence-electron chi connectivity index (χ1n) is 11.4. The van der Waals surface area contributed by atoms with Crippen LogP contribution in [0.2, 0.25) is 0 Å². The molecule has 4 N–H and O–H groups in total. The van der Waals surface area contributed by atoms with Crippen LogP contribution in [0.1, 0.15) is 44.0 Å². The van der Waals surface area contributed by atoms with Crippen molar-refractivity contribution >= 4 is 33.4 Å². The highest BCUT2D eigenvalue weighted by molar-refractivity contribution is 7.90. The summed E-state index contributed by atoms with van der Waals surface area (Å²) in [5.41, 5.74) is 5.20. The van der Waals surface area contributed by atoms with Gasteiger partial charge in [0.05, 0.1) is 11.3 Å². The monoisotopic (exact) mass is 484 g/mol. The Hall–Kier alpha value is -3.14. The Labute approximate surface area is 198 Å². The molecule has 2 amide bonds. The van der Waals surface area contributed by atoms with E-state index < -0.39 is 21.8 Å². The zero-order chi connectivity index (χ0) is 24.6. The third-order valence-electron chi connectivity index (χ3n) is 7.19. The number of nitrogens with one attached hydrogen (secondary N) is 1. The molecular weight excluding hydrogens is 456 g/mol. The molecule has 2 bridgehead atoms. The van der Waals surface area contributed by atoms with Gasteiger partial charge in [-0.15, -0.1) is 4.40 Å². The fourth-order valence-electron chi connectivity index (χ4n) is 5.57. The number of allylic oxidation sites excluding steroid dienone is 1. The van der Waals surface area contributed by atoms with Gasteiger partial charge in [-0.2, -0.15) is 8.42 Å². The molecule has 0 spiro atoms. The molecule has 1 saturated carbocycles. The van der Waals surface area contributed by atoms with Gasteiger partial charge in [-0.25, -0.2) is 0 Å². The summed E-state index contributed by atoms with van der Waals surface area (Å²) in [6, 6.07) is 3.94. The van der Waals surface area contributed by atoms with E-state index >= 15 is 0 Å². The quantitative estimate of drug-likeness (QED) is 0.561. The average molecular weight is 485 g/mol. The molecule has 4 atom stereocenters. The van der Waals surface area contributed by atoms with Gasteiger partial charge in [0.2, 0.25) is 0 Å². The van der Waals surface area contributed by atoms with Crippen molar-refractivity contribution in [2.75, 3.05) is 11.9 Å². The number of carbonyl (C=O) groups is 2. The molecule has 1 fully saturated rings. The van der Waals surface area contributed by atoms with Crippen molar-refractivity contribution in [3.05, 3.63) is 47.2 Å². The first-order valence-corrected chi connectivity index (χ1v) is 12.8. The minimum Gasteiger partial charge on any atom is -0.511 e. The van der Waals surface area contributed by atoms with Gasteiger partial charge in [-0.05, 0) is 42.2 Å². The molecule has 2 aliphatic heterocycles. The van der Waals surface area contributed by atoms with Gasteiger partial charge in [0.25, 0.3) is 21.8 Å². The normalized spacial score (nSPS) is 29.0. The summed E-state index contributed by atoms with van der Waals surface area (Å²) < 4.78 is 29.8. The van der Waals surface area contributed by atoms with Gasteiger partial charge in [0.15, 0.2) is 5.84 Å². The van der Waals surface area contributed by atoms with Crippen LogP contribution >= 0.6 is 0 Å². The second-order valence-corrected chi connectivity index (χ2v) is 12.2. The Balaban J connectivity index is 1.63. The molecule has 0 radical (unpaired) electrons. The predicted molar refractivity (Wildman–Crippen MR) is 127 cm³/mol. The fourth-order valence-corrected chi connectivity index (χ4v) is 6.71. The van der Waals surface area contributed by atoms with Crippen molar-refractivity contribution in [2.24, 2.45) is 33.3 Å². The SMILES string of the molecule is CC(C)(C)CCN1C(=O)C(C2=NS(=O)(=O)c3cccc(C(N)=O)c3N2)=C(O)C2C3C=CC(C3)C21. The van der Waals surface area contributed by atoms with Gasteiger partial charge in [-0.1, -0.05) is 39.0 Å². The molecular formula is C24H28N4O5S. The topological polar surface area (TPSA) is 142 Å². The first kappa shape index (κ1) is 22.6. The number of sulfonamides is 1. The smallest absolute Gasteiger partial charge is 0.286 e. The minimum atomic E-state index is -4.24. The third kappa shape index (κ3) is 3.43. The van der Waals surface area contributed by atoms with Crippen LogP contribution in [0.4, 0.5) is 5.69 Å². The standard InChI is InChI=1S/C24H28N4O5S/c1-24(2,3)9-10-28-19-13-8-7-12(11-13)16(19)20(29)17(23(28)31)22-26-18-14(21(25)30)5-4-6-15(18)34(32,33)27-22/h4-8,12-13,16,19,29H,9-11H2,1-3H3,(H2,25,30)(H,26,27). The molecule has 0 saturated heterocycles. The van der Waals surface area contributed by atoms with Crippen molar-refractivity contribution in [3.8, 4) is 0 Å². The number of hydrogen-bond acceptors (Lipinski definition) is 6. The summed E-state index contributed by atoms with van der Waals surface area (Å²) in [5, 5.41) is 14.2. The van der Waals surface area contributed by atoms with Crippen LogP contribution in [0, 0.1) is 23.2 Å². The van der Waals surface area contributed by atoms with Gasteiger partial charge in [-0.3, -0.25) is 9.59 Å². The second-order valence-electron chi connectivity index (χ2n) is 10.6. The minimum absolute atomic E-state index is 0.0219. The van der Waals surface area contributed by atoms with E-state index in [0.29, 0.717) is 6.54 Å². The van der Waals surface area contributed by atoms with Crippen LogP contribution in [0.3, 0.4) is 0 Å². The molecule has 1 aromatic rings. The summed E-state index contributed by atoms with van der Waals surface area (Å²) in [4.78, 5) is 27.3. The molecule has 34 heavy (non-hydrogen) atoms. The van der Waals surface area contributed by atoms with Crippen LogP contribution in [-0.4, -0.2) is 48.7 Å². The highest BCUT2D eigenvalue weighted by Crippen LogP contribution is 2.52. The number of anilines is 1. The second kappa shape index (κ2) is 7.43. The molecule has 9 nitrogen and oxygen atoms in total. The van der Waals surface area contributed by atoms with E-state index in [1.165, 1.54) is 18.2 Å². The lowest BCUT2D eigenvalue weighted by molar-refractivity contribution is -0.132. The number of primary amides is 1. The Morgan fingerprint density at radius 3 is 2.65 bits per heavy atom. The number of nitrogens with zero attached hydrogens (tertiary/aromatic N) is 2. The number of hydrogen-bond donors (Lipinski definition) is 3. The predicted octanol–water partition coefficient (Wildman–Crippen LogP) is 2.58.